The van der Waals surface area contributed by atoms with Crippen LogP contribution in [-0.2, 0) is 0 Å². The molecule has 0 unspecified atom stereocenters. The Morgan fingerprint density at radius 3 is 2.38 bits per heavy atom. The minimum Gasteiger partial charge on any atom is -0.393 e. The largest absolute Gasteiger partial charge is 0.393 e. The Kier molecular flexibility index (Phi) is 5.16. The highest BCUT2D eigenvalue weighted by Crippen LogP contribution is 2.68. The smallest absolute Gasteiger partial charge is 0.0805 e. The number of aliphatic hydroxyl groups excluding tert-OH is 1. The van der Waals surface area contributed by atoms with E-state index in [4.69, 9.17) is 0 Å². The first-order valence-corrected chi connectivity index (χ1v) is 12.9. The van der Waals surface area contributed by atoms with Crippen LogP contribution >= 0.6 is 0 Å². The molecule has 1 saturated heterocycles. The summed E-state index contributed by atoms with van der Waals surface area (Å²) in [6.07, 6.45) is 14.8. The fourth-order valence-corrected chi connectivity index (χ4v) is 9.79. The third-order valence-electron chi connectivity index (χ3n) is 11.4. The van der Waals surface area contributed by atoms with E-state index in [0.29, 0.717) is 16.7 Å². The number of nitrogens with one attached hydrogen (secondary N) is 1. The van der Waals surface area contributed by atoms with Crippen molar-refractivity contribution in [2.75, 3.05) is 6.54 Å². The lowest BCUT2D eigenvalue weighted by Gasteiger charge is -2.61. The molecule has 1 heterocycles. The van der Waals surface area contributed by atoms with Crippen molar-refractivity contribution in [2.45, 2.75) is 116 Å². The van der Waals surface area contributed by atoms with E-state index in [9.17, 15) is 10.2 Å². The van der Waals surface area contributed by atoms with E-state index in [-0.39, 0.29) is 12.1 Å². The number of rotatable bonds is 2. The van der Waals surface area contributed by atoms with Crippen molar-refractivity contribution >= 4 is 0 Å². The summed E-state index contributed by atoms with van der Waals surface area (Å²) in [5.41, 5.74) is 0.184. The second-order valence-corrected chi connectivity index (χ2v) is 12.5. The van der Waals surface area contributed by atoms with Crippen molar-refractivity contribution in [3.8, 4) is 0 Å². The highest BCUT2D eigenvalue weighted by Gasteiger charge is 2.63. The van der Waals surface area contributed by atoms with Gasteiger partial charge in [-0.2, -0.15) is 0 Å². The van der Waals surface area contributed by atoms with Gasteiger partial charge in [0, 0.05) is 6.04 Å². The highest BCUT2D eigenvalue weighted by molar-refractivity contribution is 5.13. The van der Waals surface area contributed by atoms with E-state index >= 15 is 0 Å². The van der Waals surface area contributed by atoms with Crippen LogP contribution in [0.1, 0.15) is 97.8 Å². The Morgan fingerprint density at radius 1 is 0.862 bits per heavy atom. The summed E-state index contributed by atoms with van der Waals surface area (Å²) in [6.45, 7) is 8.38. The van der Waals surface area contributed by atoms with E-state index in [0.717, 1.165) is 49.5 Å². The molecule has 10 atom stereocenters. The molecule has 0 aromatic rings. The van der Waals surface area contributed by atoms with Crippen molar-refractivity contribution < 1.29 is 10.2 Å². The highest BCUT2D eigenvalue weighted by atomic mass is 16.3. The Labute approximate surface area is 178 Å². The predicted molar refractivity (Wildman–Crippen MR) is 117 cm³/mol. The first-order valence-electron chi connectivity index (χ1n) is 12.9. The lowest BCUT2D eigenvalue weighted by atomic mass is 9.44. The van der Waals surface area contributed by atoms with E-state index < -0.39 is 5.60 Å². The third kappa shape index (κ3) is 3.08. The van der Waals surface area contributed by atoms with Gasteiger partial charge in [-0.3, -0.25) is 0 Å². The van der Waals surface area contributed by atoms with Crippen LogP contribution in [0.15, 0.2) is 0 Å². The molecule has 3 nitrogen and oxygen atoms in total. The lowest BCUT2D eigenvalue weighted by molar-refractivity contribution is -0.149. The standard InChI is InChI=1S/C26H45NO2/c1-24-13-11-18(28)16-17(24)7-8-19-20-9-10-22(25(20,2)14-12-21(19)24)26(3,29)23-6-4-5-15-27-23/h17-23,27-29H,4-16H2,1-3H3/t17-,18-,19-,20-,21-,22-,23-,24-,25-,26+/m0/s1. The predicted octanol–water partition coefficient (Wildman–Crippen LogP) is 4.90. The zero-order valence-corrected chi connectivity index (χ0v) is 19.1. The topological polar surface area (TPSA) is 52.5 Å². The Bertz CT molecular complexity index is 614. The molecule has 0 spiro atoms. The van der Waals surface area contributed by atoms with E-state index in [2.05, 4.69) is 26.1 Å². The molecule has 0 amide bonds. The maximum absolute atomic E-state index is 11.8. The summed E-state index contributed by atoms with van der Waals surface area (Å²) in [4.78, 5) is 0. The van der Waals surface area contributed by atoms with Gasteiger partial charge in [-0.25, -0.2) is 0 Å². The number of piperidine rings is 1. The summed E-state index contributed by atoms with van der Waals surface area (Å²) in [5.74, 6) is 3.68. The molecule has 0 bridgehead atoms. The molecule has 166 valence electrons. The fraction of sp³-hybridized carbons (Fsp3) is 1.00. The van der Waals surface area contributed by atoms with Gasteiger partial charge in [0.25, 0.3) is 0 Å². The summed E-state index contributed by atoms with van der Waals surface area (Å²) >= 11 is 0. The summed E-state index contributed by atoms with van der Waals surface area (Å²) in [5, 5.41) is 25.8. The Hall–Kier alpha value is -0.120. The van der Waals surface area contributed by atoms with Crippen molar-refractivity contribution in [3.05, 3.63) is 0 Å². The van der Waals surface area contributed by atoms with Crippen LogP contribution < -0.4 is 5.32 Å². The molecule has 1 aliphatic heterocycles. The SMILES string of the molecule is C[C@](O)([C@@H]1CCCCN1)[C@H]1CC[C@H]2[C@@H]3CC[C@H]4C[C@@H](O)CC[C@]4(C)[C@H]3CC[C@]12C. The normalized spacial score (nSPS) is 54.7. The molecule has 0 radical (unpaired) electrons. The van der Waals surface area contributed by atoms with Crippen LogP contribution in [0.3, 0.4) is 0 Å². The zero-order chi connectivity index (χ0) is 20.4. The van der Waals surface area contributed by atoms with Gasteiger partial charge in [-0.05, 0) is 125 Å². The van der Waals surface area contributed by atoms with Crippen LogP contribution in [-0.4, -0.2) is 34.5 Å². The van der Waals surface area contributed by atoms with Crippen LogP contribution in [0, 0.1) is 40.4 Å². The van der Waals surface area contributed by atoms with E-state index in [1.54, 1.807) is 0 Å². The second-order valence-electron chi connectivity index (χ2n) is 12.5. The molecule has 29 heavy (non-hydrogen) atoms. The van der Waals surface area contributed by atoms with Crippen molar-refractivity contribution in [1.82, 2.24) is 5.32 Å². The second kappa shape index (κ2) is 7.20. The molecule has 5 rings (SSSR count). The number of hydrogen-bond donors (Lipinski definition) is 3. The van der Waals surface area contributed by atoms with Crippen molar-refractivity contribution in [2.24, 2.45) is 40.4 Å². The maximum atomic E-state index is 11.8. The van der Waals surface area contributed by atoms with Crippen LogP contribution in [0.25, 0.3) is 0 Å². The van der Waals surface area contributed by atoms with Gasteiger partial charge in [0.05, 0.1) is 11.7 Å². The molecular formula is C26H45NO2. The average molecular weight is 404 g/mol. The molecule has 5 aliphatic rings. The molecule has 3 N–H and O–H groups in total. The summed E-state index contributed by atoms with van der Waals surface area (Å²) in [6, 6.07) is 0.280. The van der Waals surface area contributed by atoms with Gasteiger partial charge in [-0.1, -0.05) is 20.3 Å². The Balaban J connectivity index is 1.38. The fourth-order valence-electron chi connectivity index (χ4n) is 9.79. The van der Waals surface area contributed by atoms with Crippen LogP contribution in [0.2, 0.25) is 0 Å². The van der Waals surface area contributed by atoms with Crippen LogP contribution in [0.4, 0.5) is 0 Å². The first kappa shape index (κ1) is 20.8. The molecule has 0 aromatic carbocycles. The van der Waals surface area contributed by atoms with Gasteiger partial charge in [0.2, 0.25) is 0 Å². The lowest BCUT2D eigenvalue weighted by Crippen LogP contribution is -2.60. The molecule has 4 saturated carbocycles. The van der Waals surface area contributed by atoms with Crippen molar-refractivity contribution in [3.63, 3.8) is 0 Å². The minimum atomic E-state index is -0.577. The summed E-state index contributed by atoms with van der Waals surface area (Å²) < 4.78 is 0. The van der Waals surface area contributed by atoms with E-state index in [1.165, 1.54) is 57.8 Å². The summed E-state index contributed by atoms with van der Waals surface area (Å²) in [7, 11) is 0. The molecule has 4 aliphatic carbocycles. The maximum Gasteiger partial charge on any atom is 0.0805 e. The van der Waals surface area contributed by atoms with Gasteiger partial charge in [0.15, 0.2) is 0 Å². The number of hydrogen-bond acceptors (Lipinski definition) is 3. The molecular weight excluding hydrogens is 358 g/mol. The zero-order valence-electron chi connectivity index (χ0n) is 19.1. The quantitative estimate of drug-likeness (QED) is 0.615. The van der Waals surface area contributed by atoms with Crippen LogP contribution in [0.5, 0.6) is 0 Å². The minimum absolute atomic E-state index is 0.0487. The van der Waals surface area contributed by atoms with Gasteiger partial charge < -0.3 is 15.5 Å². The molecule has 0 aromatic heterocycles. The first-order chi connectivity index (χ1) is 13.8. The average Bonchev–Trinajstić information content (AvgIpc) is 3.07. The van der Waals surface area contributed by atoms with E-state index in [1.807, 2.05) is 0 Å². The number of fused-ring (bicyclic) bond motifs is 5. The number of aliphatic hydroxyl groups is 2. The van der Waals surface area contributed by atoms with Gasteiger partial charge >= 0.3 is 0 Å². The monoisotopic (exact) mass is 403 g/mol. The Morgan fingerprint density at radius 2 is 1.62 bits per heavy atom. The van der Waals surface area contributed by atoms with Gasteiger partial charge in [0.1, 0.15) is 0 Å². The molecule has 5 fully saturated rings. The van der Waals surface area contributed by atoms with Crippen molar-refractivity contribution in [1.29, 1.82) is 0 Å². The third-order valence-corrected chi connectivity index (χ3v) is 11.4. The molecule has 3 heteroatoms. The van der Waals surface area contributed by atoms with Gasteiger partial charge in [-0.15, -0.1) is 0 Å².